The zero-order chi connectivity index (χ0) is 9.10. The number of rotatable bonds is 1. The van der Waals surface area contributed by atoms with Crippen LogP contribution in [-0.2, 0) is 0 Å². The van der Waals surface area contributed by atoms with Crippen LogP contribution < -0.4 is 0 Å². The average Bonchev–Trinajstić information content (AvgIpc) is 2.20. The molecule has 0 amide bonds. The van der Waals surface area contributed by atoms with Crippen LogP contribution in [0.2, 0.25) is 0 Å². The van der Waals surface area contributed by atoms with E-state index in [2.05, 4.69) is 16.9 Å². The molecule has 0 N–H and O–H groups in total. The second-order valence-electron chi connectivity index (χ2n) is 2.78. The third-order valence-electron chi connectivity index (χ3n) is 1.89. The van der Waals surface area contributed by atoms with Gasteiger partial charge in [-0.2, -0.15) is 0 Å². The zero-order valence-corrected chi connectivity index (χ0v) is 7.14. The summed E-state index contributed by atoms with van der Waals surface area (Å²) in [5.74, 6) is 0. The van der Waals surface area contributed by atoms with Crippen molar-refractivity contribution in [2.75, 3.05) is 0 Å². The summed E-state index contributed by atoms with van der Waals surface area (Å²) >= 11 is 0. The van der Waals surface area contributed by atoms with Crippen molar-refractivity contribution in [3.05, 3.63) is 55.5 Å². The van der Waals surface area contributed by atoms with Gasteiger partial charge in [0.05, 0.1) is 0 Å². The van der Waals surface area contributed by atoms with Gasteiger partial charge in [-0.05, 0) is 18.1 Å². The molecular formula is C11H9N2. The average molecular weight is 169 g/mol. The van der Waals surface area contributed by atoms with E-state index >= 15 is 0 Å². The van der Waals surface area contributed by atoms with E-state index in [1.807, 2.05) is 24.3 Å². The van der Waals surface area contributed by atoms with E-state index in [0.29, 0.717) is 0 Å². The van der Waals surface area contributed by atoms with E-state index in [-0.39, 0.29) is 0 Å². The Balaban J connectivity index is 2.54. The molecule has 2 nitrogen and oxygen atoms in total. The van der Waals surface area contributed by atoms with Crippen LogP contribution >= 0.6 is 0 Å². The molecular weight excluding hydrogens is 160 g/mol. The summed E-state index contributed by atoms with van der Waals surface area (Å²) in [6.45, 7) is 3.94. The standard InChI is InChI=1S/C11H9N2/c1-9-4-2-3-5-11(9)10-6-12-8-13-7-10/h2-8H,1H2. The minimum Gasteiger partial charge on any atom is -0.244 e. The maximum absolute atomic E-state index is 3.96. The summed E-state index contributed by atoms with van der Waals surface area (Å²) in [4.78, 5) is 7.93. The normalized spacial score (nSPS) is 9.92. The molecule has 1 radical (unpaired) electrons. The Morgan fingerprint density at radius 1 is 1.00 bits per heavy atom. The zero-order valence-electron chi connectivity index (χ0n) is 7.14. The van der Waals surface area contributed by atoms with E-state index in [1.165, 1.54) is 6.33 Å². The lowest BCUT2D eigenvalue weighted by atomic mass is 10.0. The lowest BCUT2D eigenvalue weighted by Crippen LogP contribution is -1.84. The second kappa shape index (κ2) is 3.35. The molecule has 1 aromatic carbocycles. The Kier molecular flexibility index (Phi) is 2.04. The topological polar surface area (TPSA) is 25.8 Å². The first-order valence-electron chi connectivity index (χ1n) is 4.04. The molecule has 0 saturated heterocycles. The minimum atomic E-state index is 0.998. The summed E-state index contributed by atoms with van der Waals surface area (Å²) < 4.78 is 0. The van der Waals surface area contributed by atoms with Gasteiger partial charge in [0.2, 0.25) is 0 Å². The first-order valence-corrected chi connectivity index (χ1v) is 4.04. The van der Waals surface area contributed by atoms with Gasteiger partial charge < -0.3 is 0 Å². The Bertz CT molecular complexity index is 396. The van der Waals surface area contributed by atoms with Crippen molar-refractivity contribution >= 4 is 0 Å². The molecule has 0 saturated carbocycles. The van der Waals surface area contributed by atoms with Crippen molar-refractivity contribution < 1.29 is 0 Å². The summed E-state index contributed by atoms with van der Waals surface area (Å²) in [6, 6.07) is 7.94. The summed E-state index contributed by atoms with van der Waals surface area (Å²) in [6.07, 6.45) is 5.10. The predicted molar refractivity (Wildman–Crippen MR) is 51.9 cm³/mol. The van der Waals surface area contributed by atoms with Crippen LogP contribution in [0.1, 0.15) is 5.56 Å². The van der Waals surface area contributed by atoms with Gasteiger partial charge in [0.25, 0.3) is 0 Å². The van der Waals surface area contributed by atoms with Crippen LogP contribution in [0.25, 0.3) is 11.1 Å². The second-order valence-corrected chi connectivity index (χ2v) is 2.78. The van der Waals surface area contributed by atoms with Gasteiger partial charge in [-0.1, -0.05) is 24.3 Å². The van der Waals surface area contributed by atoms with Crippen molar-refractivity contribution in [2.24, 2.45) is 0 Å². The third-order valence-corrected chi connectivity index (χ3v) is 1.89. The van der Waals surface area contributed by atoms with Crippen LogP contribution in [0.15, 0.2) is 43.0 Å². The molecule has 1 aromatic heterocycles. The number of hydrogen-bond donors (Lipinski definition) is 0. The molecule has 2 heteroatoms. The Hall–Kier alpha value is -1.70. The molecule has 2 rings (SSSR count). The molecule has 1 heterocycles. The monoisotopic (exact) mass is 169 g/mol. The Morgan fingerprint density at radius 3 is 2.38 bits per heavy atom. The largest absolute Gasteiger partial charge is 0.244 e. The maximum Gasteiger partial charge on any atom is 0.115 e. The van der Waals surface area contributed by atoms with Crippen LogP contribution in [0.3, 0.4) is 0 Å². The highest BCUT2D eigenvalue weighted by molar-refractivity contribution is 5.66. The number of aromatic nitrogens is 2. The highest BCUT2D eigenvalue weighted by Crippen LogP contribution is 2.20. The predicted octanol–water partition coefficient (Wildman–Crippen LogP) is 2.33. The lowest BCUT2D eigenvalue weighted by molar-refractivity contribution is 1.17. The van der Waals surface area contributed by atoms with E-state index in [0.717, 1.165) is 16.7 Å². The van der Waals surface area contributed by atoms with Crippen molar-refractivity contribution in [2.45, 2.75) is 0 Å². The van der Waals surface area contributed by atoms with E-state index < -0.39 is 0 Å². The molecule has 0 atom stereocenters. The third kappa shape index (κ3) is 1.56. The lowest BCUT2D eigenvalue weighted by Gasteiger charge is -2.02. The van der Waals surface area contributed by atoms with Crippen molar-refractivity contribution in [1.82, 2.24) is 9.97 Å². The fraction of sp³-hybridized carbons (Fsp3) is 0. The van der Waals surface area contributed by atoms with Gasteiger partial charge in [-0.15, -0.1) is 0 Å². The number of nitrogens with zero attached hydrogens (tertiary/aromatic N) is 2. The molecule has 63 valence electrons. The fourth-order valence-corrected chi connectivity index (χ4v) is 1.24. The molecule has 2 aromatic rings. The SMILES string of the molecule is [CH2]c1ccccc1-c1cncnc1. The van der Waals surface area contributed by atoms with Crippen molar-refractivity contribution in [3.63, 3.8) is 0 Å². The van der Waals surface area contributed by atoms with Crippen molar-refractivity contribution in [3.8, 4) is 11.1 Å². The molecule has 0 spiro atoms. The van der Waals surface area contributed by atoms with Crippen LogP contribution in [0.5, 0.6) is 0 Å². The smallest absolute Gasteiger partial charge is 0.115 e. The van der Waals surface area contributed by atoms with E-state index in [4.69, 9.17) is 0 Å². The van der Waals surface area contributed by atoms with Gasteiger partial charge in [0.15, 0.2) is 0 Å². The number of benzene rings is 1. The highest BCUT2D eigenvalue weighted by atomic mass is 14.8. The Labute approximate surface area is 77.3 Å². The minimum absolute atomic E-state index is 0.998. The Morgan fingerprint density at radius 2 is 1.69 bits per heavy atom. The highest BCUT2D eigenvalue weighted by Gasteiger charge is 1.99. The van der Waals surface area contributed by atoms with E-state index in [9.17, 15) is 0 Å². The van der Waals surface area contributed by atoms with Gasteiger partial charge in [0, 0.05) is 18.0 Å². The number of hydrogen-bond acceptors (Lipinski definition) is 2. The molecule has 0 aliphatic rings. The molecule has 13 heavy (non-hydrogen) atoms. The summed E-state index contributed by atoms with van der Waals surface area (Å²) in [5, 5.41) is 0. The molecule has 0 bridgehead atoms. The van der Waals surface area contributed by atoms with Gasteiger partial charge in [-0.25, -0.2) is 9.97 Å². The summed E-state index contributed by atoms with van der Waals surface area (Å²) in [7, 11) is 0. The first-order chi connectivity index (χ1) is 6.38. The van der Waals surface area contributed by atoms with Crippen LogP contribution in [-0.4, -0.2) is 9.97 Å². The fourth-order valence-electron chi connectivity index (χ4n) is 1.24. The van der Waals surface area contributed by atoms with E-state index in [1.54, 1.807) is 12.4 Å². The maximum atomic E-state index is 3.96. The molecule has 0 aliphatic carbocycles. The summed E-state index contributed by atoms with van der Waals surface area (Å²) in [5.41, 5.74) is 3.09. The van der Waals surface area contributed by atoms with Gasteiger partial charge in [0.1, 0.15) is 6.33 Å². The molecule has 0 aliphatic heterocycles. The van der Waals surface area contributed by atoms with Gasteiger partial charge >= 0.3 is 0 Å². The van der Waals surface area contributed by atoms with Crippen LogP contribution in [0, 0.1) is 6.92 Å². The van der Waals surface area contributed by atoms with Crippen LogP contribution in [0.4, 0.5) is 0 Å². The first kappa shape index (κ1) is 7.92. The van der Waals surface area contributed by atoms with Crippen molar-refractivity contribution in [1.29, 1.82) is 0 Å². The molecule has 0 fully saturated rings. The van der Waals surface area contributed by atoms with Gasteiger partial charge in [-0.3, -0.25) is 0 Å². The quantitative estimate of drug-likeness (QED) is 0.654. The molecule has 0 unspecified atom stereocenters.